The van der Waals surface area contributed by atoms with Crippen molar-refractivity contribution in [2.24, 2.45) is 0 Å². The molecule has 0 saturated heterocycles. The fourth-order valence-corrected chi connectivity index (χ4v) is 1.89. The molecular weight excluding hydrogens is 245 g/mol. The number of ether oxygens (including phenoxy) is 2. The first-order valence-electron chi connectivity index (χ1n) is 5.94. The Balaban J connectivity index is 2.18. The Bertz CT molecular complexity index is 558. The van der Waals surface area contributed by atoms with Gasteiger partial charge in [0.1, 0.15) is 5.82 Å². The molecule has 0 aliphatic rings. The average molecular weight is 261 g/mol. The van der Waals surface area contributed by atoms with Crippen LogP contribution in [0.3, 0.4) is 0 Å². The maximum Gasteiger partial charge on any atom is 0.165 e. The molecule has 0 atom stereocenters. The number of para-hydroxylation sites is 2. The fraction of sp³-hybridized carbons (Fsp3) is 0.200. The number of benzene rings is 2. The van der Waals surface area contributed by atoms with E-state index in [1.54, 1.807) is 32.4 Å². The van der Waals surface area contributed by atoms with E-state index in [1.807, 2.05) is 18.2 Å². The van der Waals surface area contributed by atoms with E-state index < -0.39 is 0 Å². The summed E-state index contributed by atoms with van der Waals surface area (Å²) in [7, 11) is 3.18. The van der Waals surface area contributed by atoms with E-state index >= 15 is 0 Å². The number of hydrogen-bond donors (Lipinski definition) is 1. The lowest BCUT2D eigenvalue weighted by atomic mass is 10.1. The van der Waals surface area contributed by atoms with Crippen LogP contribution in [0.4, 0.5) is 10.1 Å². The molecule has 2 aromatic carbocycles. The van der Waals surface area contributed by atoms with Crippen molar-refractivity contribution in [1.82, 2.24) is 0 Å². The highest BCUT2D eigenvalue weighted by atomic mass is 19.1. The van der Waals surface area contributed by atoms with E-state index in [2.05, 4.69) is 5.32 Å². The summed E-state index contributed by atoms with van der Waals surface area (Å²) in [4.78, 5) is 0. The monoisotopic (exact) mass is 261 g/mol. The third-order valence-electron chi connectivity index (χ3n) is 2.83. The second-order valence-corrected chi connectivity index (χ2v) is 3.99. The summed E-state index contributed by atoms with van der Waals surface area (Å²) < 4.78 is 24.1. The summed E-state index contributed by atoms with van der Waals surface area (Å²) in [5, 5.41) is 3.04. The zero-order valence-electron chi connectivity index (χ0n) is 10.9. The highest BCUT2D eigenvalue weighted by molar-refractivity contribution is 5.50. The molecule has 0 aliphatic carbocycles. The average Bonchev–Trinajstić information content (AvgIpc) is 2.45. The zero-order valence-corrected chi connectivity index (χ0v) is 10.9. The van der Waals surface area contributed by atoms with Crippen LogP contribution < -0.4 is 14.8 Å². The van der Waals surface area contributed by atoms with Crippen molar-refractivity contribution >= 4 is 5.69 Å². The van der Waals surface area contributed by atoms with Crippen molar-refractivity contribution < 1.29 is 13.9 Å². The van der Waals surface area contributed by atoms with Gasteiger partial charge in [-0.05, 0) is 18.2 Å². The van der Waals surface area contributed by atoms with Crippen LogP contribution in [0.25, 0.3) is 0 Å². The number of anilines is 1. The van der Waals surface area contributed by atoms with Crippen molar-refractivity contribution in [2.75, 3.05) is 19.5 Å². The molecule has 0 unspecified atom stereocenters. The van der Waals surface area contributed by atoms with E-state index in [9.17, 15) is 4.39 Å². The third-order valence-corrected chi connectivity index (χ3v) is 2.83. The fourth-order valence-electron chi connectivity index (χ4n) is 1.89. The Morgan fingerprint density at radius 1 is 1.00 bits per heavy atom. The predicted octanol–water partition coefficient (Wildman–Crippen LogP) is 3.46. The molecule has 0 aromatic heterocycles. The van der Waals surface area contributed by atoms with E-state index in [0.717, 1.165) is 5.56 Å². The van der Waals surface area contributed by atoms with Gasteiger partial charge < -0.3 is 14.8 Å². The van der Waals surface area contributed by atoms with Crippen molar-refractivity contribution in [2.45, 2.75) is 6.54 Å². The van der Waals surface area contributed by atoms with Gasteiger partial charge in [0.2, 0.25) is 0 Å². The van der Waals surface area contributed by atoms with Gasteiger partial charge in [-0.25, -0.2) is 4.39 Å². The third kappa shape index (κ3) is 2.96. The van der Waals surface area contributed by atoms with E-state index in [-0.39, 0.29) is 5.82 Å². The van der Waals surface area contributed by atoms with E-state index in [0.29, 0.717) is 23.7 Å². The molecule has 0 saturated carbocycles. The van der Waals surface area contributed by atoms with Crippen LogP contribution >= 0.6 is 0 Å². The van der Waals surface area contributed by atoms with Crippen LogP contribution in [-0.2, 0) is 6.54 Å². The first kappa shape index (κ1) is 13.2. The second-order valence-electron chi connectivity index (χ2n) is 3.99. The van der Waals surface area contributed by atoms with Crippen molar-refractivity contribution in [3.63, 3.8) is 0 Å². The molecule has 3 nitrogen and oxygen atoms in total. The molecule has 1 N–H and O–H groups in total. The highest BCUT2D eigenvalue weighted by Crippen LogP contribution is 2.31. The van der Waals surface area contributed by atoms with Gasteiger partial charge in [0.05, 0.1) is 19.9 Å². The minimum Gasteiger partial charge on any atom is -0.493 e. The predicted molar refractivity (Wildman–Crippen MR) is 73.3 cm³/mol. The summed E-state index contributed by atoms with van der Waals surface area (Å²) in [6.07, 6.45) is 0. The number of halogens is 1. The Hall–Kier alpha value is -2.23. The first-order valence-corrected chi connectivity index (χ1v) is 5.94. The lowest BCUT2D eigenvalue weighted by Gasteiger charge is -2.13. The van der Waals surface area contributed by atoms with Gasteiger partial charge in [0.15, 0.2) is 11.5 Å². The standard InChI is InChI=1S/C15H16FNO2/c1-18-14-9-5-6-11(15(14)19-2)10-17-13-8-4-3-7-12(13)16/h3-9,17H,10H2,1-2H3. The number of methoxy groups -OCH3 is 2. The quantitative estimate of drug-likeness (QED) is 0.894. The molecule has 0 radical (unpaired) electrons. The minimum atomic E-state index is -0.274. The van der Waals surface area contributed by atoms with Gasteiger partial charge in [-0.15, -0.1) is 0 Å². The summed E-state index contributed by atoms with van der Waals surface area (Å²) in [6, 6.07) is 12.2. The first-order chi connectivity index (χ1) is 9.26. The van der Waals surface area contributed by atoms with Gasteiger partial charge in [-0.3, -0.25) is 0 Å². The lowest BCUT2D eigenvalue weighted by molar-refractivity contribution is 0.352. The van der Waals surface area contributed by atoms with Crippen LogP contribution in [0.15, 0.2) is 42.5 Å². The molecule has 0 bridgehead atoms. The maximum absolute atomic E-state index is 13.5. The molecule has 4 heteroatoms. The van der Waals surface area contributed by atoms with Gasteiger partial charge in [-0.2, -0.15) is 0 Å². The minimum absolute atomic E-state index is 0.274. The molecule has 0 amide bonds. The Kier molecular flexibility index (Phi) is 4.23. The largest absolute Gasteiger partial charge is 0.493 e. The van der Waals surface area contributed by atoms with Gasteiger partial charge in [-0.1, -0.05) is 24.3 Å². The molecule has 0 aliphatic heterocycles. The van der Waals surface area contributed by atoms with Crippen molar-refractivity contribution in [1.29, 1.82) is 0 Å². The van der Waals surface area contributed by atoms with Crippen LogP contribution in [0.1, 0.15) is 5.56 Å². The molecule has 0 heterocycles. The topological polar surface area (TPSA) is 30.5 Å². The Labute approximate surface area is 112 Å². The number of rotatable bonds is 5. The van der Waals surface area contributed by atoms with Crippen LogP contribution in [0.5, 0.6) is 11.5 Å². The summed E-state index contributed by atoms with van der Waals surface area (Å²) in [5.41, 5.74) is 1.37. The SMILES string of the molecule is COc1cccc(CNc2ccccc2F)c1OC. The van der Waals surface area contributed by atoms with Crippen LogP contribution in [0, 0.1) is 5.82 Å². The molecule has 2 rings (SSSR count). The molecule has 0 spiro atoms. The zero-order chi connectivity index (χ0) is 13.7. The summed E-state index contributed by atoms with van der Waals surface area (Å²) in [6.45, 7) is 0.460. The smallest absolute Gasteiger partial charge is 0.165 e. The molecule has 0 fully saturated rings. The van der Waals surface area contributed by atoms with Gasteiger partial charge in [0, 0.05) is 12.1 Å². The maximum atomic E-state index is 13.5. The van der Waals surface area contributed by atoms with Crippen molar-refractivity contribution in [3.8, 4) is 11.5 Å². The number of hydrogen-bond acceptors (Lipinski definition) is 3. The summed E-state index contributed by atoms with van der Waals surface area (Å²) in [5.74, 6) is 1.05. The number of nitrogens with one attached hydrogen (secondary N) is 1. The van der Waals surface area contributed by atoms with Crippen LogP contribution in [-0.4, -0.2) is 14.2 Å². The lowest BCUT2D eigenvalue weighted by Crippen LogP contribution is -2.04. The second kappa shape index (κ2) is 6.09. The molecule has 100 valence electrons. The molecule has 2 aromatic rings. The van der Waals surface area contributed by atoms with Crippen LogP contribution in [0.2, 0.25) is 0 Å². The Morgan fingerprint density at radius 2 is 1.79 bits per heavy atom. The van der Waals surface area contributed by atoms with E-state index in [1.165, 1.54) is 6.07 Å². The molecular formula is C15H16FNO2. The Morgan fingerprint density at radius 3 is 2.47 bits per heavy atom. The van der Waals surface area contributed by atoms with E-state index in [4.69, 9.17) is 9.47 Å². The van der Waals surface area contributed by atoms with Gasteiger partial charge in [0.25, 0.3) is 0 Å². The summed E-state index contributed by atoms with van der Waals surface area (Å²) >= 11 is 0. The highest BCUT2D eigenvalue weighted by Gasteiger charge is 2.09. The van der Waals surface area contributed by atoms with Crippen molar-refractivity contribution in [3.05, 3.63) is 53.8 Å². The normalized spacial score (nSPS) is 10.1. The molecule has 19 heavy (non-hydrogen) atoms. The van der Waals surface area contributed by atoms with Gasteiger partial charge >= 0.3 is 0 Å².